The number of pyridine rings is 1. The predicted molar refractivity (Wildman–Crippen MR) is 127 cm³/mol. The van der Waals surface area contributed by atoms with Crippen molar-refractivity contribution >= 4 is 23.3 Å². The molecule has 4 heterocycles. The SMILES string of the molecule is COC(=O)c1cccc(-n2cccc2[C@H]2[C@H](c3ccccn3)NC(=S)N2Cc2ccco2)c1. The topological polar surface area (TPSA) is 72.5 Å². The normalized spacial score (nSPS) is 17.7. The molecule has 3 aromatic heterocycles. The molecule has 5 rings (SSSR count). The molecule has 0 spiro atoms. The van der Waals surface area contributed by atoms with E-state index in [0.717, 1.165) is 22.8 Å². The second-order valence-electron chi connectivity index (χ2n) is 7.68. The highest BCUT2D eigenvalue weighted by atomic mass is 32.1. The minimum atomic E-state index is -0.375. The van der Waals surface area contributed by atoms with Crippen molar-refractivity contribution in [3.8, 4) is 5.69 Å². The zero-order valence-electron chi connectivity index (χ0n) is 17.9. The summed E-state index contributed by atoms with van der Waals surface area (Å²) < 4.78 is 12.6. The molecule has 33 heavy (non-hydrogen) atoms. The Morgan fingerprint density at radius 1 is 1.15 bits per heavy atom. The second kappa shape index (κ2) is 8.91. The number of thiocarbonyl (C=S) groups is 1. The third-order valence-electron chi connectivity index (χ3n) is 5.73. The number of aromatic nitrogens is 2. The van der Waals surface area contributed by atoms with E-state index in [-0.39, 0.29) is 18.1 Å². The first-order valence-corrected chi connectivity index (χ1v) is 10.9. The van der Waals surface area contributed by atoms with Crippen LogP contribution in [0.1, 0.15) is 39.6 Å². The van der Waals surface area contributed by atoms with Gasteiger partial charge in [0.2, 0.25) is 0 Å². The van der Waals surface area contributed by atoms with E-state index in [2.05, 4.69) is 25.8 Å². The molecule has 0 saturated carbocycles. The van der Waals surface area contributed by atoms with Crippen LogP contribution in [0.2, 0.25) is 0 Å². The lowest BCUT2D eigenvalue weighted by Crippen LogP contribution is -2.29. The maximum absolute atomic E-state index is 12.1. The molecule has 0 unspecified atom stereocenters. The number of carbonyl (C=O) groups is 1. The summed E-state index contributed by atoms with van der Waals surface area (Å²) in [5.74, 6) is 0.441. The predicted octanol–water partition coefficient (Wildman–Crippen LogP) is 4.42. The second-order valence-corrected chi connectivity index (χ2v) is 8.07. The van der Waals surface area contributed by atoms with Gasteiger partial charge in [0.05, 0.1) is 43.3 Å². The van der Waals surface area contributed by atoms with Gasteiger partial charge in [0.25, 0.3) is 0 Å². The molecule has 1 fully saturated rings. The van der Waals surface area contributed by atoms with Gasteiger partial charge in [-0.05, 0) is 66.8 Å². The Labute approximate surface area is 196 Å². The average molecular weight is 459 g/mol. The van der Waals surface area contributed by atoms with Crippen LogP contribution in [0.25, 0.3) is 5.69 Å². The van der Waals surface area contributed by atoms with Crippen LogP contribution in [0.3, 0.4) is 0 Å². The summed E-state index contributed by atoms with van der Waals surface area (Å²) >= 11 is 5.75. The lowest BCUT2D eigenvalue weighted by atomic mass is 10.0. The highest BCUT2D eigenvalue weighted by molar-refractivity contribution is 7.80. The lowest BCUT2D eigenvalue weighted by molar-refractivity contribution is 0.0600. The van der Waals surface area contributed by atoms with Gasteiger partial charge in [-0.1, -0.05) is 12.1 Å². The summed E-state index contributed by atoms with van der Waals surface area (Å²) in [7, 11) is 1.38. The maximum Gasteiger partial charge on any atom is 0.337 e. The van der Waals surface area contributed by atoms with Crippen LogP contribution >= 0.6 is 12.2 Å². The number of benzene rings is 1. The number of ether oxygens (including phenoxy) is 1. The summed E-state index contributed by atoms with van der Waals surface area (Å²) in [5, 5.41) is 4.08. The smallest absolute Gasteiger partial charge is 0.337 e. The summed E-state index contributed by atoms with van der Waals surface area (Å²) in [6, 6.07) is 20.8. The van der Waals surface area contributed by atoms with Gasteiger partial charge in [0, 0.05) is 23.8 Å². The Hall–Kier alpha value is -3.91. The summed E-state index contributed by atoms with van der Waals surface area (Å²) in [5.41, 5.74) is 3.24. The Morgan fingerprint density at radius 2 is 2.06 bits per heavy atom. The quantitative estimate of drug-likeness (QED) is 0.339. The van der Waals surface area contributed by atoms with Crippen molar-refractivity contribution in [2.24, 2.45) is 0 Å². The maximum atomic E-state index is 12.1. The third-order valence-corrected chi connectivity index (χ3v) is 6.09. The summed E-state index contributed by atoms with van der Waals surface area (Å²) in [4.78, 5) is 18.8. The zero-order chi connectivity index (χ0) is 22.8. The van der Waals surface area contributed by atoms with E-state index < -0.39 is 0 Å². The fourth-order valence-electron chi connectivity index (χ4n) is 4.24. The van der Waals surface area contributed by atoms with Crippen LogP contribution in [0.5, 0.6) is 0 Å². The van der Waals surface area contributed by atoms with Gasteiger partial charge in [0.1, 0.15) is 5.76 Å². The first-order valence-electron chi connectivity index (χ1n) is 10.5. The van der Waals surface area contributed by atoms with Gasteiger partial charge in [-0.25, -0.2) is 4.79 Å². The first-order chi connectivity index (χ1) is 16.2. The van der Waals surface area contributed by atoms with Crippen molar-refractivity contribution in [1.29, 1.82) is 0 Å². The van der Waals surface area contributed by atoms with Gasteiger partial charge in [0.15, 0.2) is 5.11 Å². The van der Waals surface area contributed by atoms with Crippen LogP contribution in [0.4, 0.5) is 0 Å². The van der Waals surface area contributed by atoms with Crippen LogP contribution in [0.15, 0.2) is 89.8 Å². The van der Waals surface area contributed by atoms with Crippen molar-refractivity contribution < 1.29 is 13.9 Å². The molecule has 166 valence electrons. The number of nitrogens with zero attached hydrogens (tertiary/aromatic N) is 3. The molecule has 1 saturated heterocycles. The highest BCUT2D eigenvalue weighted by Gasteiger charge is 2.41. The first kappa shape index (κ1) is 21.0. The van der Waals surface area contributed by atoms with Crippen molar-refractivity contribution in [3.63, 3.8) is 0 Å². The largest absolute Gasteiger partial charge is 0.467 e. The number of hydrogen-bond donors (Lipinski definition) is 1. The van der Waals surface area contributed by atoms with Gasteiger partial charge >= 0.3 is 5.97 Å². The van der Waals surface area contributed by atoms with E-state index in [1.165, 1.54) is 7.11 Å². The monoisotopic (exact) mass is 458 g/mol. The van der Waals surface area contributed by atoms with Gasteiger partial charge < -0.3 is 23.9 Å². The standard InChI is InChI=1S/C25H22N4O3S/c1-31-24(30)17-7-4-8-18(15-17)28-13-5-11-21(28)23-22(20-10-2-3-12-26-20)27-25(33)29(23)16-19-9-6-14-32-19/h2-15,22-23H,16H2,1H3,(H,27,33)/t22-,23-/m0/s1. The molecular formula is C25H22N4O3S. The number of furan rings is 1. The molecule has 8 heteroatoms. The molecule has 0 amide bonds. The van der Waals surface area contributed by atoms with Gasteiger partial charge in [-0.2, -0.15) is 0 Å². The summed E-state index contributed by atoms with van der Waals surface area (Å²) in [6.45, 7) is 0.514. The van der Waals surface area contributed by atoms with E-state index in [1.807, 2.05) is 60.8 Å². The number of hydrogen-bond acceptors (Lipinski definition) is 5. The van der Waals surface area contributed by atoms with E-state index in [1.54, 1.807) is 18.5 Å². The number of nitrogens with one attached hydrogen (secondary N) is 1. The van der Waals surface area contributed by atoms with Crippen molar-refractivity contribution in [2.75, 3.05) is 7.11 Å². The Kier molecular flexibility index (Phi) is 5.66. The molecule has 7 nitrogen and oxygen atoms in total. The van der Waals surface area contributed by atoms with Gasteiger partial charge in [-0.3, -0.25) is 4.98 Å². The highest BCUT2D eigenvalue weighted by Crippen LogP contribution is 2.40. The molecule has 2 atom stereocenters. The zero-order valence-corrected chi connectivity index (χ0v) is 18.7. The van der Waals surface area contributed by atoms with Crippen molar-refractivity contribution in [3.05, 3.63) is 108 Å². The van der Waals surface area contributed by atoms with E-state index in [0.29, 0.717) is 17.2 Å². The van der Waals surface area contributed by atoms with E-state index in [4.69, 9.17) is 21.4 Å². The van der Waals surface area contributed by atoms with Crippen LogP contribution < -0.4 is 5.32 Å². The molecule has 0 bridgehead atoms. The molecule has 1 aliphatic heterocycles. The van der Waals surface area contributed by atoms with E-state index in [9.17, 15) is 4.79 Å². The van der Waals surface area contributed by atoms with Crippen molar-refractivity contribution in [2.45, 2.75) is 18.6 Å². The number of esters is 1. The average Bonchev–Trinajstić information content (AvgIpc) is 3.61. The number of rotatable bonds is 6. The molecule has 0 radical (unpaired) electrons. The third kappa shape index (κ3) is 4.01. The fraction of sp³-hybridized carbons (Fsp3) is 0.160. The molecular weight excluding hydrogens is 436 g/mol. The Balaban J connectivity index is 1.59. The fourth-order valence-corrected chi connectivity index (χ4v) is 4.54. The molecule has 0 aliphatic carbocycles. The molecule has 1 N–H and O–H groups in total. The number of carbonyl (C=O) groups excluding carboxylic acids is 1. The lowest BCUT2D eigenvalue weighted by Gasteiger charge is -2.28. The minimum Gasteiger partial charge on any atom is -0.467 e. The van der Waals surface area contributed by atoms with Gasteiger partial charge in [-0.15, -0.1) is 0 Å². The van der Waals surface area contributed by atoms with Crippen LogP contribution in [-0.4, -0.2) is 32.6 Å². The van der Waals surface area contributed by atoms with E-state index >= 15 is 0 Å². The molecule has 1 aromatic carbocycles. The van der Waals surface area contributed by atoms with Crippen LogP contribution in [0, 0.1) is 0 Å². The minimum absolute atomic E-state index is 0.158. The van der Waals surface area contributed by atoms with Crippen LogP contribution in [-0.2, 0) is 11.3 Å². The Bertz CT molecular complexity index is 1270. The van der Waals surface area contributed by atoms with Crippen molar-refractivity contribution in [1.82, 2.24) is 19.8 Å². The molecule has 1 aliphatic rings. The number of methoxy groups -OCH3 is 1. The Morgan fingerprint density at radius 3 is 2.82 bits per heavy atom. The molecule has 4 aromatic rings. The summed E-state index contributed by atoms with van der Waals surface area (Å²) in [6.07, 6.45) is 5.42.